The normalized spacial score (nSPS) is 16.8. The van der Waals surface area contributed by atoms with Gasteiger partial charge in [0.1, 0.15) is 0 Å². The summed E-state index contributed by atoms with van der Waals surface area (Å²) in [7, 11) is -3.80. The largest absolute Gasteiger partial charge is 0.478 e. The van der Waals surface area contributed by atoms with Gasteiger partial charge in [-0.1, -0.05) is 37.3 Å². The number of carbonyl (C=O) groups is 1. The summed E-state index contributed by atoms with van der Waals surface area (Å²) in [5.41, 5.74) is 2.73. The Hall–Kier alpha value is -2.18. The highest BCUT2D eigenvalue weighted by Crippen LogP contribution is 2.32. The van der Waals surface area contributed by atoms with Crippen LogP contribution in [0.2, 0.25) is 0 Å². The molecule has 5 nitrogen and oxygen atoms in total. The molecule has 0 aromatic heterocycles. The van der Waals surface area contributed by atoms with Crippen LogP contribution in [0.15, 0.2) is 47.4 Å². The Bertz CT molecular complexity index is 890. The predicted octanol–water partition coefficient (Wildman–Crippen LogP) is 2.91. The lowest BCUT2D eigenvalue weighted by Crippen LogP contribution is -2.28. The van der Waals surface area contributed by atoms with Gasteiger partial charge in [0.2, 0.25) is 10.0 Å². The molecule has 1 unspecified atom stereocenters. The maximum absolute atomic E-state index is 12.8. The van der Waals surface area contributed by atoms with E-state index in [0.29, 0.717) is 18.4 Å². The highest BCUT2D eigenvalue weighted by molar-refractivity contribution is 7.89. The van der Waals surface area contributed by atoms with Crippen LogP contribution < -0.4 is 4.72 Å². The van der Waals surface area contributed by atoms with Crippen molar-refractivity contribution in [2.45, 2.75) is 37.1 Å². The number of aryl methyl sites for hydroxylation is 2. The fourth-order valence-electron chi connectivity index (χ4n) is 3.16. The first-order chi connectivity index (χ1) is 11.4. The molecule has 1 aliphatic carbocycles. The van der Waals surface area contributed by atoms with Crippen LogP contribution in [0.25, 0.3) is 0 Å². The second-order valence-corrected chi connectivity index (χ2v) is 7.57. The average Bonchev–Trinajstić information content (AvgIpc) is 2.96. The van der Waals surface area contributed by atoms with Crippen molar-refractivity contribution in [1.29, 1.82) is 0 Å². The number of hydrogen-bond donors (Lipinski definition) is 2. The minimum absolute atomic E-state index is 0.0283. The van der Waals surface area contributed by atoms with Crippen molar-refractivity contribution in [3.8, 4) is 0 Å². The number of hydrogen-bond acceptors (Lipinski definition) is 3. The van der Waals surface area contributed by atoms with E-state index in [1.54, 1.807) is 6.07 Å². The van der Waals surface area contributed by atoms with E-state index < -0.39 is 16.0 Å². The maximum Gasteiger partial charge on any atom is 0.335 e. The Kier molecular flexibility index (Phi) is 4.43. The quantitative estimate of drug-likeness (QED) is 0.873. The Morgan fingerprint density at radius 1 is 1.25 bits per heavy atom. The van der Waals surface area contributed by atoms with Gasteiger partial charge in [0.05, 0.1) is 10.5 Å². The van der Waals surface area contributed by atoms with Crippen molar-refractivity contribution in [2.24, 2.45) is 0 Å². The van der Waals surface area contributed by atoms with Crippen LogP contribution in [-0.4, -0.2) is 19.5 Å². The molecular formula is C18H19NO4S. The first-order valence-electron chi connectivity index (χ1n) is 7.88. The Labute approximate surface area is 141 Å². The van der Waals surface area contributed by atoms with Crippen LogP contribution >= 0.6 is 0 Å². The average molecular weight is 345 g/mol. The second-order valence-electron chi connectivity index (χ2n) is 5.89. The molecule has 0 amide bonds. The predicted molar refractivity (Wildman–Crippen MR) is 90.6 cm³/mol. The van der Waals surface area contributed by atoms with Crippen molar-refractivity contribution in [3.63, 3.8) is 0 Å². The van der Waals surface area contributed by atoms with Gasteiger partial charge in [0.25, 0.3) is 0 Å². The summed E-state index contributed by atoms with van der Waals surface area (Å²) in [6.45, 7) is 1.85. The highest BCUT2D eigenvalue weighted by Gasteiger charge is 2.28. The van der Waals surface area contributed by atoms with Crippen molar-refractivity contribution in [1.82, 2.24) is 4.72 Å². The zero-order valence-electron chi connectivity index (χ0n) is 13.3. The monoisotopic (exact) mass is 345 g/mol. The van der Waals surface area contributed by atoms with Crippen LogP contribution in [0, 0.1) is 0 Å². The number of fused-ring (bicyclic) bond motifs is 1. The minimum atomic E-state index is -3.80. The molecule has 0 radical (unpaired) electrons. The van der Waals surface area contributed by atoms with Crippen LogP contribution in [0.5, 0.6) is 0 Å². The van der Waals surface area contributed by atoms with Crippen LogP contribution in [-0.2, 0) is 22.9 Å². The van der Waals surface area contributed by atoms with Gasteiger partial charge in [-0.25, -0.2) is 17.9 Å². The zero-order chi connectivity index (χ0) is 17.3. The molecular weight excluding hydrogens is 326 g/mol. The van der Waals surface area contributed by atoms with Gasteiger partial charge in [0.15, 0.2) is 0 Å². The molecule has 126 valence electrons. The molecule has 0 saturated heterocycles. The Morgan fingerprint density at radius 3 is 2.71 bits per heavy atom. The number of carboxylic acid groups (broad SMARTS) is 1. The minimum Gasteiger partial charge on any atom is -0.478 e. The van der Waals surface area contributed by atoms with Crippen molar-refractivity contribution in [2.75, 3.05) is 0 Å². The summed E-state index contributed by atoms with van der Waals surface area (Å²) < 4.78 is 28.4. The molecule has 2 aromatic rings. The molecule has 2 aromatic carbocycles. The maximum atomic E-state index is 12.8. The number of carboxylic acids is 1. The third kappa shape index (κ3) is 3.07. The lowest BCUT2D eigenvalue weighted by molar-refractivity contribution is 0.0696. The Morgan fingerprint density at radius 2 is 2.00 bits per heavy atom. The van der Waals surface area contributed by atoms with Crippen molar-refractivity contribution in [3.05, 3.63) is 64.7 Å². The molecule has 2 N–H and O–H groups in total. The van der Waals surface area contributed by atoms with Gasteiger partial charge in [-0.2, -0.15) is 0 Å². The van der Waals surface area contributed by atoms with Gasteiger partial charge in [-0.15, -0.1) is 0 Å². The first kappa shape index (κ1) is 16.7. The van der Waals surface area contributed by atoms with E-state index in [-0.39, 0.29) is 16.5 Å². The van der Waals surface area contributed by atoms with Crippen molar-refractivity contribution >= 4 is 16.0 Å². The summed E-state index contributed by atoms with van der Waals surface area (Å²) >= 11 is 0. The third-order valence-electron chi connectivity index (χ3n) is 4.41. The lowest BCUT2D eigenvalue weighted by atomic mass is 10.1. The van der Waals surface area contributed by atoms with Crippen LogP contribution in [0.3, 0.4) is 0 Å². The summed E-state index contributed by atoms with van der Waals surface area (Å²) in [6.07, 6.45) is 2.05. The molecule has 0 fully saturated rings. The fourth-order valence-corrected chi connectivity index (χ4v) is 4.75. The van der Waals surface area contributed by atoms with E-state index >= 15 is 0 Å². The summed E-state index contributed by atoms with van der Waals surface area (Å²) in [5.74, 6) is -1.14. The van der Waals surface area contributed by atoms with Crippen LogP contribution in [0.4, 0.5) is 0 Å². The van der Waals surface area contributed by atoms with Gasteiger partial charge >= 0.3 is 5.97 Å². The topological polar surface area (TPSA) is 83.5 Å². The summed E-state index contributed by atoms with van der Waals surface area (Å²) in [5, 5.41) is 9.14. The van der Waals surface area contributed by atoms with Gasteiger partial charge in [-0.05, 0) is 48.1 Å². The molecule has 1 aliphatic rings. The van der Waals surface area contributed by atoms with Crippen molar-refractivity contribution < 1.29 is 18.3 Å². The summed E-state index contributed by atoms with van der Waals surface area (Å²) in [4.78, 5) is 11.2. The smallest absolute Gasteiger partial charge is 0.335 e. The molecule has 1 atom stereocenters. The molecule has 24 heavy (non-hydrogen) atoms. The number of sulfonamides is 1. The van der Waals surface area contributed by atoms with E-state index in [0.717, 1.165) is 17.5 Å². The fraction of sp³-hybridized carbons (Fsp3) is 0.278. The van der Waals surface area contributed by atoms with E-state index in [9.17, 15) is 13.2 Å². The molecule has 0 saturated carbocycles. The molecule has 0 bridgehead atoms. The molecule has 0 spiro atoms. The number of nitrogens with one attached hydrogen (secondary N) is 1. The van der Waals surface area contributed by atoms with Gasteiger partial charge in [0, 0.05) is 6.04 Å². The first-order valence-corrected chi connectivity index (χ1v) is 9.37. The molecule has 0 heterocycles. The van der Waals surface area contributed by atoms with Gasteiger partial charge in [-0.3, -0.25) is 0 Å². The lowest BCUT2D eigenvalue weighted by Gasteiger charge is -2.16. The van der Waals surface area contributed by atoms with Gasteiger partial charge < -0.3 is 5.11 Å². The molecule has 6 heteroatoms. The SMILES string of the molecule is CCc1ccc(C(=O)O)cc1S(=O)(=O)NC1CCc2ccccc21. The summed E-state index contributed by atoms with van der Waals surface area (Å²) in [6, 6.07) is 11.8. The van der Waals surface area contributed by atoms with E-state index in [4.69, 9.17) is 5.11 Å². The third-order valence-corrected chi connectivity index (χ3v) is 5.97. The highest BCUT2D eigenvalue weighted by atomic mass is 32.2. The van der Waals surface area contributed by atoms with E-state index in [1.165, 1.54) is 12.1 Å². The molecule has 0 aliphatic heterocycles. The number of benzene rings is 2. The Balaban J connectivity index is 1.97. The number of aromatic carboxylic acids is 1. The van der Waals surface area contributed by atoms with E-state index in [1.807, 2.05) is 31.2 Å². The number of rotatable bonds is 5. The zero-order valence-corrected chi connectivity index (χ0v) is 14.1. The molecule has 3 rings (SSSR count). The van der Waals surface area contributed by atoms with E-state index in [2.05, 4.69) is 4.72 Å². The second kappa shape index (κ2) is 6.37. The standard InChI is InChI=1S/C18H19NO4S/c1-2-12-7-8-14(18(20)21)11-17(12)24(22,23)19-16-10-9-13-5-3-4-6-15(13)16/h3-8,11,16,19H,2,9-10H2,1H3,(H,20,21). The van der Waals surface area contributed by atoms with Crippen LogP contribution in [0.1, 0.15) is 46.4 Å².